The van der Waals surface area contributed by atoms with Crippen LogP contribution in [0.4, 0.5) is 13.2 Å². The highest BCUT2D eigenvalue weighted by atomic mass is 32.2. The molecule has 1 N–H and O–H groups in total. The third kappa shape index (κ3) is 4.46. The first-order valence-corrected chi connectivity index (χ1v) is 8.87. The van der Waals surface area contributed by atoms with Crippen molar-refractivity contribution in [3.63, 3.8) is 0 Å². The van der Waals surface area contributed by atoms with E-state index < -0.39 is 33.5 Å². The number of alkyl halides is 3. The van der Waals surface area contributed by atoms with Gasteiger partial charge in [-0.15, -0.1) is 0 Å². The summed E-state index contributed by atoms with van der Waals surface area (Å²) >= 11 is 0. The van der Waals surface area contributed by atoms with Crippen molar-refractivity contribution in [1.82, 2.24) is 0 Å². The molecule has 2 rings (SSSR count). The Hall–Kier alpha value is -1.57. The van der Waals surface area contributed by atoms with Gasteiger partial charge in [-0.1, -0.05) is 0 Å². The first-order chi connectivity index (χ1) is 10.6. The van der Waals surface area contributed by atoms with E-state index >= 15 is 0 Å². The van der Waals surface area contributed by atoms with Crippen molar-refractivity contribution in [2.75, 3.05) is 5.75 Å². The Labute approximate surface area is 132 Å². The number of halogens is 3. The number of carboxylic acid groups (broad SMARTS) is 1. The maximum atomic E-state index is 12.5. The molecule has 0 amide bonds. The summed E-state index contributed by atoms with van der Waals surface area (Å²) < 4.78 is 62.0. The van der Waals surface area contributed by atoms with Crippen LogP contribution in [0.15, 0.2) is 29.2 Å². The Kier molecular flexibility index (Phi) is 5.03. The zero-order chi connectivity index (χ0) is 17.3. The third-order valence-corrected chi connectivity index (χ3v) is 6.09. The lowest BCUT2D eigenvalue weighted by Gasteiger charge is -2.25. The zero-order valence-electron chi connectivity index (χ0n) is 12.2. The standard InChI is InChI=1S/C15H17F3O4S/c16-15(17,18)12-5-7-13(8-6-12)23(21,22)9-10-1-3-11(4-2-10)14(19)20/h5-8,10-11H,1-4,9H2,(H,19,20). The minimum atomic E-state index is -4.50. The SMILES string of the molecule is O=C(O)C1CCC(CS(=O)(=O)c2ccc(C(F)(F)F)cc2)CC1. The van der Waals surface area contributed by atoms with Gasteiger partial charge in [-0.3, -0.25) is 4.79 Å². The van der Waals surface area contributed by atoms with E-state index in [1.165, 1.54) is 0 Å². The number of benzene rings is 1. The molecule has 0 spiro atoms. The van der Waals surface area contributed by atoms with E-state index in [4.69, 9.17) is 5.11 Å². The minimum absolute atomic E-state index is 0.133. The summed E-state index contributed by atoms with van der Waals surface area (Å²) in [7, 11) is -3.67. The molecule has 128 valence electrons. The summed E-state index contributed by atoms with van der Waals surface area (Å²) in [6.07, 6.45) is -2.64. The van der Waals surface area contributed by atoms with Crippen molar-refractivity contribution in [3.8, 4) is 0 Å². The Bertz CT molecular complexity index is 657. The van der Waals surface area contributed by atoms with E-state index in [9.17, 15) is 26.4 Å². The van der Waals surface area contributed by atoms with Crippen LogP contribution in [-0.4, -0.2) is 25.2 Å². The summed E-state index contributed by atoms with van der Waals surface area (Å²) in [5.74, 6) is -1.61. The average Bonchev–Trinajstić information content (AvgIpc) is 2.46. The fourth-order valence-corrected chi connectivity index (χ4v) is 4.53. The van der Waals surface area contributed by atoms with Crippen molar-refractivity contribution in [2.24, 2.45) is 11.8 Å². The predicted molar refractivity (Wildman–Crippen MR) is 76.6 cm³/mol. The van der Waals surface area contributed by atoms with Crippen LogP contribution >= 0.6 is 0 Å². The highest BCUT2D eigenvalue weighted by molar-refractivity contribution is 7.91. The van der Waals surface area contributed by atoms with Gasteiger partial charge >= 0.3 is 12.1 Å². The van der Waals surface area contributed by atoms with E-state index in [1.807, 2.05) is 0 Å². The molecule has 1 fully saturated rings. The smallest absolute Gasteiger partial charge is 0.416 e. The molecule has 1 saturated carbocycles. The number of carbonyl (C=O) groups is 1. The van der Waals surface area contributed by atoms with E-state index in [2.05, 4.69) is 0 Å². The maximum absolute atomic E-state index is 12.5. The van der Waals surface area contributed by atoms with E-state index in [1.54, 1.807) is 0 Å². The maximum Gasteiger partial charge on any atom is 0.416 e. The van der Waals surface area contributed by atoms with Crippen LogP contribution in [-0.2, 0) is 20.8 Å². The quantitative estimate of drug-likeness (QED) is 0.904. The first-order valence-electron chi connectivity index (χ1n) is 7.22. The van der Waals surface area contributed by atoms with Crippen LogP contribution in [0.3, 0.4) is 0 Å². The molecule has 1 aliphatic rings. The zero-order valence-corrected chi connectivity index (χ0v) is 13.0. The fraction of sp³-hybridized carbons (Fsp3) is 0.533. The van der Waals surface area contributed by atoms with Crippen LogP contribution in [0.5, 0.6) is 0 Å². The second kappa shape index (κ2) is 6.51. The van der Waals surface area contributed by atoms with Gasteiger partial charge in [-0.2, -0.15) is 13.2 Å². The second-order valence-corrected chi connectivity index (χ2v) is 7.89. The molecule has 0 radical (unpaired) electrons. The Morgan fingerprint density at radius 3 is 2.04 bits per heavy atom. The van der Waals surface area contributed by atoms with E-state index in [-0.39, 0.29) is 16.6 Å². The van der Waals surface area contributed by atoms with Crippen LogP contribution in [0.2, 0.25) is 0 Å². The van der Waals surface area contributed by atoms with Gasteiger partial charge in [-0.05, 0) is 55.9 Å². The lowest BCUT2D eigenvalue weighted by atomic mass is 9.83. The number of aliphatic carboxylic acids is 1. The number of hydrogen-bond donors (Lipinski definition) is 1. The van der Waals surface area contributed by atoms with Crippen molar-refractivity contribution in [1.29, 1.82) is 0 Å². The van der Waals surface area contributed by atoms with Crippen molar-refractivity contribution in [3.05, 3.63) is 29.8 Å². The number of hydrogen-bond acceptors (Lipinski definition) is 3. The molecule has 0 bridgehead atoms. The largest absolute Gasteiger partial charge is 0.481 e. The topological polar surface area (TPSA) is 71.4 Å². The molecule has 0 heterocycles. The average molecular weight is 350 g/mol. The normalized spacial score (nSPS) is 22.7. The molecule has 1 aromatic rings. The molecule has 0 unspecified atom stereocenters. The fourth-order valence-electron chi connectivity index (χ4n) is 2.83. The number of rotatable bonds is 4. The van der Waals surface area contributed by atoms with Crippen molar-refractivity contribution < 1.29 is 31.5 Å². The molecular weight excluding hydrogens is 333 g/mol. The molecule has 0 aromatic heterocycles. The summed E-state index contributed by atoms with van der Waals surface area (Å²) in [6, 6.07) is 3.46. The minimum Gasteiger partial charge on any atom is -0.481 e. The van der Waals surface area contributed by atoms with Gasteiger partial charge in [0.1, 0.15) is 0 Å². The van der Waals surface area contributed by atoms with Gasteiger partial charge in [0, 0.05) is 0 Å². The first kappa shape index (κ1) is 17.8. The van der Waals surface area contributed by atoms with Crippen molar-refractivity contribution >= 4 is 15.8 Å². The molecule has 0 aliphatic heterocycles. The lowest BCUT2D eigenvalue weighted by Crippen LogP contribution is -2.25. The van der Waals surface area contributed by atoms with Gasteiger partial charge in [0.15, 0.2) is 9.84 Å². The van der Waals surface area contributed by atoms with Gasteiger partial charge in [0.05, 0.1) is 22.1 Å². The molecule has 0 saturated heterocycles. The third-order valence-electron chi connectivity index (χ3n) is 4.19. The second-order valence-electron chi connectivity index (χ2n) is 5.86. The molecule has 1 aliphatic carbocycles. The Balaban J connectivity index is 2.04. The molecule has 1 aromatic carbocycles. The van der Waals surface area contributed by atoms with Crippen molar-refractivity contribution in [2.45, 2.75) is 36.8 Å². The summed E-state index contributed by atoms with van der Waals surface area (Å²) in [6.45, 7) is 0. The number of carboxylic acids is 1. The van der Waals surface area contributed by atoms with Gasteiger partial charge in [-0.25, -0.2) is 8.42 Å². The monoisotopic (exact) mass is 350 g/mol. The van der Waals surface area contributed by atoms with E-state index in [0.717, 1.165) is 24.3 Å². The molecular formula is C15H17F3O4S. The highest BCUT2D eigenvalue weighted by Crippen LogP contribution is 2.32. The molecule has 0 atom stereocenters. The highest BCUT2D eigenvalue weighted by Gasteiger charge is 2.32. The molecule has 4 nitrogen and oxygen atoms in total. The Morgan fingerprint density at radius 2 is 1.61 bits per heavy atom. The molecule has 23 heavy (non-hydrogen) atoms. The molecule has 8 heteroatoms. The van der Waals surface area contributed by atoms with Crippen LogP contribution in [0, 0.1) is 11.8 Å². The summed E-state index contributed by atoms with van der Waals surface area (Å²) in [5.41, 5.74) is -0.890. The van der Waals surface area contributed by atoms with Gasteiger partial charge < -0.3 is 5.11 Å². The van der Waals surface area contributed by atoms with Crippen LogP contribution in [0.25, 0.3) is 0 Å². The lowest BCUT2D eigenvalue weighted by molar-refractivity contribution is -0.143. The summed E-state index contributed by atoms with van der Waals surface area (Å²) in [4.78, 5) is 10.7. The van der Waals surface area contributed by atoms with Crippen LogP contribution in [0.1, 0.15) is 31.2 Å². The van der Waals surface area contributed by atoms with E-state index in [0.29, 0.717) is 25.7 Å². The van der Waals surface area contributed by atoms with Gasteiger partial charge in [0.2, 0.25) is 0 Å². The summed E-state index contributed by atoms with van der Waals surface area (Å²) in [5, 5.41) is 8.92. The predicted octanol–water partition coefficient (Wildman–Crippen LogP) is 3.37. The van der Waals surface area contributed by atoms with Crippen LogP contribution < -0.4 is 0 Å². The Morgan fingerprint density at radius 1 is 1.09 bits per heavy atom. The number of sulfone groups is 1. The van der Waals surface area contributed by atoms with Gasteiger partial charge in [0.25, 0.3) is 0 Å².